The zero-order valence-electron chi connectivity index (χ0n) is 32.7. The smallest absolute Gasteiger partial charge is 0.256 e. The minimum Gasteiger partial charge on any atom is -0.458 e. The van der Waals surface area contributed by atoms with E-state index in [4.69, 9.17) is 9.47 Å². The maximum Gasteiger partial charge on any atom is 0.256 e. The third-order valence-corrected chi connectivity index (χ3v) is 16.9. The van der Waals surface area contributed by atoms with Gasteiger partial charge in [0.2, 0.25) is 0 Å². The van der Waals surface area contributed by atoms with Crippen molar-refractivity contribution in [3.63, 3.8) is 0 Å². The molecule has 0 aliphatic carbocycles. The van der Waals surface area contributed by atoms with Gasteiger partial charge >= 0.3 is 0 Å². The number of rotatable bonds is 0. The second-order valence-electron chi connectivity index (χ2n) is 17.4. The number of fused-ring (bicyclic) bond motifs is 22. The number of para-hydroxylation sites is 2. The molecule has 8 heteroatoms. The van der Waals surface area contributed by atoms with Gasteiger partial charge in [0.1, 0.15) is 23.0 Å². The van der Waals surface area contributed by atoms with Crippen LogP contribution in [0.25, 0.3) is 95.3 Å². The fraction of sp³-hybridized carbons (Fsp3) is 0. The first-order valence-corrected chi connectivity index (χ1v) is 22.9. The van der Waals surface area contributed by atoms with Crippen LogP contribution in [-0.4, -0.2) is 22.6 Å². The summed E-state index contributed by atoms with van der Waals surface area (Å²) in [5.74, 6) is 3.54. The molecule has 0 spiro atoms. The largest absolute Gasteiger partial charge is 0.458 e. The van der Waals surface area contributed by atoms with Crippen LogP contribution in [0, 0.1) is 0 Å². The molecule has 0 fully saturated rings. The van der Waals surface area contributed by atoms with Crippen LogP contribution in [0.5, 0.6) is 23.0 Å². The van der Waals surface area contributed by atoms with Crippen LogP contribution in [0.15, 0.2) is 158 Å². The van der Waals surface area contributed by atoms with Gasteiger partial charge in [-0.3, -0.25) is 0 Å². The number of hydrogen-bond acceptors (Lipinski definition) is 4. The highest BCUT2D eigenvalue weighted by Crippen LogP contribution is 2.47. The first-order valence-electron chi connectivity index (χ1n) is 21.3. The Hall–Kier alpha value is -7.25. The number of aromatic nitrogens is 2. The van der Waals surface area contributed by atoms with Crippen LogP contribution < -0.4 is 42.3 Å². The van der Waals surface area contributed by atoms with E-state index >= 15 is 0 Å². The summed E-state index contributed by atoms with van der Waals surface area (Å²) in [6.45, 7) is -0.0406. The van der Waals surface area contributed by atoms with E-state index < -0.39 is 0 Å². The molecule has 62 heavy (non-hydrogen) atoms. The summed E-state index contributed by atoms with van der Waals surface area (Å²) >= 11 is 3.76. The average Bonchev–Trinajstić information content (AvgIpc) is 4.07. The van der Waals surface area contributed by atoms with Crippen LogP contribution in [-0.2, 0) is 0 Å². The number of hydrogen-bond donors (Lipinski definition) is 0. The molecule has 4 nitrogen and oxygen atoms in total. The lowest BCUT2D eigenvalue weighted by molar-refractivity contribution is 0.465. The van der Waals surface area contributed by atoms with Crippen molar-refractivity contribution in [2.24, 2.45) is 0 Å². The molecule has 0 atom stereocenters. The normalized spacial score (nSPS) is 14.0. The summed E-state index contributed by atoms with van der Waals surface area (Å²) in [7, 11) is 0. The van der Waals surface area contributed by atoms with Crippen molar-refractivity contribution in [1.82, 2.24) is 9.13 Å². The molecule has 0 unspecified atom stereocenters. The summed E-state index contributed by atoms with van der Waals surface area (Å²) in [6, 6.07) is 58.8. The van der Waals surface area contributed by atoms with Gasteiger partial charge < -0.3 is 18.6 Å². The summed E-state index contributed by atoms with van der Waals surface area (Å²) < 4.78 is 24.5. The first-order chi connectivity index (χ1) is 30.8. The van der Waals surface area contributed by atoms with Crippen molar-refractivity contribution in [3.05, 3.63) is 158 Å². The molecule has 0 N–H and O–H groups in total. The quantitative estimate of drug-likeness (QED) is 0.143. The standard InChI is InChI=1S/C54H26B2N2O2S2/c1-3-19-43-31(9-1)47-45(61-43)23-21-29-27-11-5-13-33-51(27)57(53(29)47)37-15-7-17-39-49(37)55(33)35-25-36-42(26-41(35)59-39)60-40-18-8-16-38-50(40)56(36)34-14-6-12-28-30-22-24-46-48(54(30)58(38)52(28)34)32-10-2-4-20-44(32)62-46/h1-26H. The van der Waals surface area contributed by atoms with Crippen molar-refractivity contribution < 1.29 is 9.47 Å². The molecule has 0 bridgehead atoms. The summed E-state index contributed by atoms with van der Waals surface area (Å²) in [5.41, 5.74) is 15.0. The van der Waals surface area contributed by atoms with E-state index in [2.05, 4.69) is 167 Å². The molecule has 4 aromatic heterocycles. The second-order valence-corrected chi connectivity index (χ2v) is 19.6. The predicted octanol–water partition coefficient (Wildman–Crippen LogP) is 10.5. The molecule has 13 aromatic rings. The molecule has 0 saturated heterocycles. The molecule has 0 saturated carbocycles. The first kappa shape index (κ1) is 31.6. The lowest BCUT2D eigenvalue weighted by Gasteiger charge is -2.36. The van der Waals surface area contributed by atoms with Crippen molar-refractivity contribution in [2.75, 3.05) is 0 Å². The van der Waals surface area contributed by atoms with E-state index in [0.29, 0.717) is 0 Å². The monoisotopic (exact) mass is 820 g/mol. The van der Waals surface area contributed by atoms with E-state index in [9.17, 15) is 0 Å². The Morgan fingerprint density at radius 3 is 1.31 bits per heavy atom. The van der Waals surface area contributed by atoms with Crippen LogP contribution in [0.4, 0.5) is 0 Å². The van der Waals surface area contributed by atoms with Gasteiger partial charge in [-0.25, -0.2) is 0 Å². The van der Waals surface area contributed by atoms with Gasteiger partial charge in [-0.2, -0.15) is 0 Å². The Bertz CT molecular complexity index is 4050. The number of benzene rings is 9. The molecule has 282 valence electrons. The van der Waals surface area contributed by atoms with Crippen LogP contribution in [0.2, 0.25) is 0 Å². The van der Waals surface area contributed by atoms with Crippen LogP contribution >= 0.6 is 22.7 Å². The maximum atomic E-state index is 7.05. The predicted molar refractivity (Wildman–Crippen MR) is 263 cm³/mol. The molecule has 8 heterocycles. The van der Waals surface area contributed by atoms with Gasteiger partial charge in [0, 0.05) is 90.4 Å². The van der Waals surface area contributed by atoms with Gasteiger partial charge in [-0.05, 0) is 81.3 Å². The number of nitrogens with zero attached hydrogens (tertiary/aromatic N) is 2. The third-order valence-electron chi connectivity index (χ3n) is 14.6. The highest BCUT2D eigenvalue weighted by Gasteiger charge is 2.45. The Morgan fingerprint density at radius 2 is 0.790 bits per heavy atom. The molecule has 4 aliphatic rings. The number of ether oxygens (including phenoxy) is 2. The number of thiophene rings is 2. The fourth-order valence-electron chi connectivity index (χ4n) is 12.4. The zero-order chi connectivity index (χ0) is 39.7. The third kappa shape index (κ3) is 3.51. The topological polar surface area (TPSA) is 28.3 Å². The molecule has 0 amide bonds. The van der Waals surface area contributed by atoms with Gasteiger partial charge in [0.25, 0.3) is 13.4 Å². The van der Waals surface area contributed by atoms with Gasteiger partial charge in [0.05, 0.1) is 11.0 Å². The summed E-state index contributed by atoms with van der Waals surface area (Å²) in [4.78, 5) is 0. The van der Waals surface area contributed by atoms with E-state index in [-0.39, 0.29) is 13.4 Å². The highest BCUT2D eigenvalue weighted by atomic mass is 32.1. The van der Waals surface area contributed by atoms with Crippen LogP contribution in [0.1, 0.15) is 0 Å². The van der Waals surface area contributed by atoms with Gasteiger partial charge in [-0.1, -0.05) is 103 Å². The summed E-state index contributed by atoms with van der Waals surface area (Å²) in [6.07, 6.45) is 0. The Balaban J connectivity index is 0.956. The van der Waals surface area contributed by atoms with Crippen LogP contribution in [0.3, 0.4) is 0 Å². The highest BCUT2D eigenvalue weighted by molar-refractivity contribution is 7.26. The average molecular weight is 821 g/mol. The summed E-state index contributed by atoms with van der Waals surface area (Å²) in [5, 5.41) is 10.4. The minimum absolute atomic E-state index is 0.0203. The van der Waals surface area contributed by atoms with Crippen molar-refractivity contribution in [3.8, 4) is 34.4 Å². The van der Waals surface area contributed by atoms with E-state index in [1.165, 1.54) is 128 Å². The van der Waals surface area contributed by atoms with E-state index in [0.717, 1.165) is 23.0 Å². The molecular weight excluding hydrogens is 794 g/mol. The minimum atomic E-state index is -0.0203. The second kappa shape index (κ2) is 10.6. The van der Waals surface area contributed by atoms with Crippen molar-refractivity contribution >= 4 is 153 Å². The van der Waals surface area contributed by atoms with Crippen molar-refractivity contribution in [2.45, 2.75) is 0 Å². The molecule has 17 rings (SSSR count). The molecule has 4 aliphatic heterocycles. The van der Waals surface area contributed by atoms with Gasteiger partial charge in [-0.15, -0.1) is 22.7 Å². The SMILES string of the molecule is c1cc2c3c(c1)-n1c4c(cccc4c4ccc5sc6ccccc6c5c41)B3c1cc3c(cc1O2)Oc1cccc2c1B3c1cccc3c4ccc5sc6ccccc6c5c4n-2c13. The lowest BCUT2D eigenvalue weighted by atomic mass is 9.31. The lowest BCUT2D eigenvalue weighted by Crippen LogP contribution is -2.62. The Morgan fingerprint density at radius 1 is 0.339 bits per heavy atom. The van der Waals surface area contributed by atoms with E-state index in [1.807, 2.05) is 22.7 Å². The Kier molecular flexibility index (Phi) is 5.41. The molecule has 0 radical (unpaired) electrons. The van der Waals surface area contributed by atoms with E-state index in [1.54, 1.807) is 0 Å². The maximum absolute atomic E-state index is 7.05. The molecular formula is C54H26B2N2O2S2. The van der Waals surface area contributed by atoms with Gasteiger partial charge in [0.15, 0.2) is 0 Å². The fourth-order valence-corrected chi connectivity index (χ4v) is 14.6. The van der Waals surface area contributed by atoms with Crippen molar-refractivity contribution in [1.29, 1.82) is 0 Å². The zero-order valence-corrected chi connectivity index (χ0v) is 34.3. The Labute approximate surface area is 361 Å². The molecule has 9 aromatic carbocycles.